The Hall–Kier alpha value is -1.67. The molecule has 0 fully saturated rings. The van der Waals surface area contributed by atoms with Crippen molar-refractivity contribution in [2.45, 2.75) is 20.0 Å². The summed E-state index contributed by atoms with van der Waals surface area (Å²) >= 11 is 5.92. The lowest BCUT2D eigenvalue weighted by Crippen LogP contribution is -2.04. The molecule has 0 aliphatic heterocycles. The van der Waals surface area contributed by atoms with Crippen LogP contribution < -0.4 is 10.5 Å². The molecule has 2 rings (SSSR count). The van der Waals surface area contributed by atoms with E-state index in [1.165, 1.54) is 0 Å². The van der Waals surface area contributed by atoms with E-state index in [4.69, 9.17) is 22.1 Å². The van der Waals surface area contributed by atoms with E-state index in [1.807, 2.05) is 56.3 Å². The lowest BCUT2D eigenvalue weighted by atomic mass is 10.1. The maximum absolute atomic E-state index is 5.93. The van der Waals surface area contributed by atoms with Gasteiger partial charge in [0.2, 0.25) is 0 Å². The Labute approximate surface area is 112 Å². The van der Waals surface area contributed by atoms with Crippen molar-refractivity contribution in [2.24, 2.45) is 0 Å². The van der Waals surface area contributed by atoms with E-state index >= 15 is 0 Å². The number of hydrogen-bond acceptors (Lipinski definition) is 2. The summed E-state index contributed by atoms with van der Waals surface area (Å²) in [5.41, 5.74) is 8.60. The van der Waals surface area contributed by atoms with E-state index in [9.17, 15) is 0 Å². The molecule has 0 bridgehead atoms. The first kappa shape index (κ1) is 12.8. The number of nitrogens with two attached hydrogens (primary N) is 1. The van der Waals surface area contributed by atoms with E-state index in [2.05, 4.69) is 0 Å². The zero-order chi connectivity index (χ0) is 13.1. The van der Waals surface area contributed by atoms with E-state index in [1.54, 1.807) is 0 Å². The van der Waals surface area contributed by atoms with Crippen LogP contribution in [0, 0.1) is 6.92 Å². The van der Waals surface area contributed by atoms with Crippen molar-refractivity contribution in [2.75, 3.05) is 5.73 Å². The molecule has 0 radical (unpaired) electrons. The van der Waals surface area contributed by atoms with Gasteiger partial charge in [-0.05, 0) is 55.3 Å². The summed E-state index contributed by atoms with van der Waals surface area (Å²) in [6, 6.07) is 13.3. The zero-order valence-electron chi connectivity index (χ0n) is 10.5. The quantitative estimate of drug-likeness (QED) is 0.833. The second-order valence-corrected chi connectivity index (χ2v) is 4.78. The minimum atomic E-state index is -0.0478. The number of benzene rings is 2. The van der Waals surface area contributed by atoms with Gasteiger partial charge < -0.3 is 10.5 Å². The smallest absolute Gasteiger partial charge is 0.123 e. The van der Waals surface area contributed by atoms with Gasteiger partial charge in [-0.3, -0.25) is 0 Å². The molecule has 0 saturated carbocycles. The predicted molar refractivity (Wildman–Crippen MR) is 76.1 cm³/mol. The van der Waals surface area contributed by atoms with Crippen molar-refractivity contribution in [3.8, 4) is 5.75 Å². The molecule has 94 valence electrons. The fraction of sp³-hybridized carbons (Fsp3) is 0.200. The second-order valence-electron chi connectivity index (χ2n) is 4.34. The molecule has 2 aromatic rings. The first-order valence-corrected chi connectivity index (χ1v) is 6.22. The number of ether oxygens (including phenoxy) is 1. The van der Waals surface area contributed by atoms with E-state index in [0.29, 0.717) is 0 Å². The van der Waals surface area contributed by atoms with Crippen LogP contribution in [0.1, 0.15) is 24.2 Å². The largest absolute Gasteiger partial charge is 0.486 e. The van der Waals surface area contributed by atoms with Crippen molar-refractivity contribution in [3.63, 3.8) is 0 Å². The van der Waals surface area contributed by atoms with Gasteiger partial charge in [-0.25, -0.2) is 0 Å². The van der Waals surface area contributed by atoms with Gasteiger partial charge in [0.05, 0.1) is 0 Å². The Morgan fingerprint density at radius 3 is 2.61 bits per heavy atom. The maximum atomic E-state index is 5.93. The molecular formula is C15H16ClNO. The van der Waals surface area contributed by atoms with Gasteiger partial charge >= 0.3 is 0 Å². The van der Waals surface area contributed by atoms with Crippen LogP contribution in [0.15, 0.2) is 42.5 Å². The summed E-state index contributed by atoms with van der Waals surface area (Å²) in [6.45, 7) is 3.98. The van der Waals surface area contributed by atoms with Crippen molar-refractivity contribution in [1.82, 2.24) is 0 Å². The third kappa shape index (κ3) is 2.96. The average molecular weight is 262 g/mol. The van der Waals surface area contributed by atoms with Crippen molar-refractivity contribution < 1.29 is 4.74 Å². The predicted octanol–water partition coefficient (Wildman–Crippen LogP) is 4.37. The van der Waals surface area contributed by atoms with Crippen LogP contribution in [0.5, 0.6) is 5.75 Å². The first-order valence-electron chi connectivity index (χ1n) is 5.84. The molecule has 0 amide bonds. The molecule has 2 N–H and O–H groups in total. The average Bonchev–Trinajstić information content (AvgIpc) is 2.32. The van der Waals surface area contributed by atoms with Crippen LogP contribution in [0.2, 0.25) is 5.02 Å². The van der Waals surface area contributed by atoms with Gasteiger partial charge in [0.1, 0.15) is 11.9 Å². The molecule has 0 aliphatic carbocycles. The van der Waals surface area contributed by atoms with Gasteiger partial charge in [0.15, 0.2) is 0 Å². The minimum Gasteiger partial charge on any atom is -0.486 e. The molecule has 18 heavy (non-hydrogen) atoms. The second kappa shape index (κ2) is 5.32. The van der Waals surface area contributed by atoms with Gasteiger partial charge in [-0.15, -0.1) is 0 Å². The number of hydrogen-bond donors (Lipinski definition) is 1. The van der Waals surface area contributed by atoms with Crippen LogP contribution in [0.3, 0.4) is 0 Å². The number of anilines is 1. The monoisotopic (exact) mass is 261 g/mol. The molecule has 1 unspecified atom stereocenters. The molecule has 2 aromatic carbocycles. The van der Waals surface area contributed by atoms with Gasteiger partial charge in [0, 0.05) is 10.7 Å². The van der Waals surface area contributed by atoms with E-state index in [0.717, 1.165) is 27.6 Å². The third-order valence-electron chi connectivity index (χ3n) is 2.82. The zero-order valence-corrected chi connectivity index (χ0v) is 11.2. The minimum absolute atomic E-state index is 0.0478. The number of aryl methyl sites for hydroxylation is 1. The summed E-state index contributed by atoms with van der Waals surface area (Å²) in [5, 5.41) is 0.719. The van der Waals surface area contributed by atoms with E-state index in [-0.39, 0.29) is 6.10 Å². The van der Waals surface area contributed by atoms with Crippen LogP contribution in [-0.4, -0.2) is 0 Å². The van der Waals surface area contributed by atoms with Crippen molar-refractivity contribution in [3.05, 3.63) is 58.6 Å². The van der Waals surface area contributed by atoms with Crippen LogP contribution in [0.25, 0.3) is 0 Å². The lowest BCUT2D eigenvalue weighted by molar-refractivity contribution is 0.225. The Kier molecular flexibility index (Phi) is 3.78. The summed E-state index contributed by atoms with van der Waals surface area (Å²) in [5.74, 6) is 0.842. The van der Waals surface area contributed by atoms with Crippen LogP contribution in [0.4, 0.5) is 5.69 Å². The fourth-order valence-electron chi connectivity index (χ4n) is 1.82. The molecule has 1 atom stereocenters. The molecule has 0 aromatic heterocycles. The Morgan fingerprint density at radius 2 is 1.94 bits per heavy atom. The SMILES string of the molecule is Cc1cc(Cl)ccc1OC(C)c1cccc(N)c1. The Morgan fingerprint density at radius 1 is 1.17 bits per heavy atom. The fourth-order valence-corrected chi connectivity index (χ4v) is 2.04. The van der Waals surface area contributed by atoms with Gasteiger partial charge in [-0.2, -0.15) is 0 Å². The maximum Gasteiger partial charge on any atom is 0.123 e. The van der Waals surface area contributed by atoms with Gasteiger partial charge in [0.25, 0.3) is 0 Å². The summed E-state index contributed by atoms with van der Waals surface area (Å²) in [7, 11) is 0. The topological polar surface area (TPSA) is 35.2 Å². The van der Waals surface area contributed by atoms with E-state index < -0.39 is 0 Å². The molecular weight excluding hydrogens is 246 g/mol. The highest BCUT2D eigenvalue weighted by Gasteiger charge is 2.09. The highest BCUT2D eigenvalue weighted by atomic mass is 35.5. The molecule has 0 aliphatic rings. The van der Waals surface area contributed by atoms with Crippen molar-refractivity contribution in [1.29, 1.82) is 0 Å². The van der Waals surface area contributed by atoms with Gasteiger partial charge in [-0.1, -0.05) is 23.7 Å². The Bertz CT molecular complexity index is 554. The summed E-state index contributed by atoms with van der Waals surface area (Å²) in [4.78, 5) is 0. The number of halogens is 1. The lowest BCUT2D eigenvalue weighted by Gasteiger charge is -2.17. The first-order chi connectivity index (χ1) is 8.56. The molecule has 0 saturated heterocycles. The normalized spacial score (nSPS) is 12.2. The highest BCUT2D eigenvalue weighted by Crippen LogP contribution is 2.27. The van der Waals surface area contributed by atoms with Crippen LogP contribution in [-0.2, 0) is 0 Å². The third-order valence-corrected chi connectivity index (χ3v) is 3.06. The summed E-state index contributed by atoms with van der Waals surface area (Å²) < 4.78 is 5.93. The number of nitrogen functional groups attached to an aromatic ring is 1. The number of rotatable bonds is 3. The molecule has 3 heteroatoms. The standard InChI is InChI=1S/C15H16ClNO/c1-10-8-13(16)6-7-15(10)18-11(2)12-4-3-5-14(17)9-12/h3-9,11H,17H2,1-2H3. The van der Waals surface area contributed by atoms with Crippen molar-refractivity contribution >= 4 is 17.3 Å². The Balaban J connectivity index is 2.18. The highest BCUT2D eigenvalue weighted by molar-refractivity contribution is 6.30. The molecule has 0 spiro atoms. The molecule has 0 heterocycles. The van der Waals surface area contributed by atoms with Crippen LogP contribution >= 0.6 is 11.6 Å². The summed E-state index contributed by atoms with van der Waals surface area (Å²) in [6.07, 6.45) is -0.0478. The molecule has 2 nitrogen and oxygen atoms in total.